The van der Waals surface area contributed by atoms with E-state index in [-0.39, 0.29) is 23.9 Å². The fourth-order valence-electron chi connectivity index (χ4n) is 4.18. The highest BCUT2D eigenvalue weighted by Gasteiger charge is 2.24. The lowest BCUT2D eigenvalue weighted by molar-refractivity contribution is -0.122. The van der Waals surface area contributed by atoms with Crippen molar-refractivity contribution in [2.24, 2.45) is 11.8 Å². The second kappa shape index (κ2) is 10.6. The van der Waals surface area contributed by atoms with E-state index >= 15 is 0 Å². The fourth-order valence-corrected chi connectivity index (χ4v) is 4.38. The Bertz CT molecular complexity index is 946. The molecule has 0 spiro atoms. The van der Waals surface area contributed by atoms with Crippen LogP contribution in [0.25, 0.3) is 11.3 Å². The Morgan fingerprint density at radius 1 is 1.25 bits per heavy atom. The normalized spacial score (nSPS) is 22.0. The molecule has 0 aliphatic carbocycles. The molecule has 172 valence electrons. The highest BCUT2D eigenvalue weighted by atomic mass is 35.5. The van der Waals surface area contributed by atoms with Gasteiger partial charge in [0.1, 0.15) is 5.78 Å². The number of rotatable bonds is 7. The van der Waals surface area contributed by atoms with Gasteiger partial charge < -0.3 is 15.4 Å². The van der Waals surface area contributed by atoms with Gasteiger partial charge in [0.25, 0.3) is 5.95 Å². The number of hydrogen-bond acceptors (Lipinski definition) is 7. The predicted molar refractivity (Wildman–Crippen MR) is 121 cm³/mol. The second-order valence-corrected chi connectivity index (χ2v) is 9.12. The minimum atomic E-state index is -0.652. The number of nitrogens with one attached hydrogen (secondary N) is 2. The molecule has 0 bridgehead atoms. The smallest absolute Gasteiger partial charge is 0.255 e. The van der Waals surface area contributed by atoms with Crippen molar-refractivity contribution in [3.05, 3.63) is 35.1 Å². The molecule has 2 aliphatic heterocycles. The number of carbonyl (C=O) groups is 1. The monoisotopic (exact) mass is 461 g/mol. The van der Waals surface area contributed by atoms with Crippen molar-refractivity contribution in [2.45, 2.75) is 45.1 Å². The summed E-state index contributed by atoms with van der Waals surface area (Å²) in [5, 5.41) is 6.82. The van der Waals surface area contributed by atoms with Crippen LogP contribution in [0.5, 0.6) is 0 Å². The number of piperidine rings is 1. The quantitative estimate of drug-likeness (QED) is 0.650. The summed E-state index contributed by atoms with van der Waals surface area (Å²) >= 11 is 6.37. The SMILES string of the molecule is C[C@H]1CC[C@H](C(=O)Cc2cc(-c3cnc(F)c(NCC4CCOCC4)n3)c(Cl)cn2)CN1. The Kier molecular flexibility index (Phi) is 7.65. The first-order valence-electron chi connectivity index (χ1n) is 11.2. The molecule has 2 fully saturated rings. The van der Waals surface area contributed by atoms with Crippen molar-refractivity contribution < 1.29 is 13.9 Å². The number of ether oxygens (including phenoxy) is 1. The molecule has 0 amide bonds. The number of halogens is 2. The minimum absolute atomic E-state index is 0.00118. The van der Waals surface area contributed by atoms with E-state index in [1.807, 2.05) is 0 Å². The van der Waals surface area contributed by atoms with Crippen molar-refractivity contribution in [1.29, 1.82) is 0 Å². The third kappa shape index (κ3) is 5.79. The van der Waals surface area contributed by atoms with Crippen molar-refractivity contribution in [3.63, 3.8) is 0 Å². The summed E-state index contributed by atoms with van der Waals surface area (Å²) in [6.45, 7) is 4.89. The molecule has 0 saturated carbocycles. The van der Waals surface area contributed by atoms with Gasteiger partial charge in [-0.15, -0.1) is 0 Å². The van der Waals surface area contributed by atoms with Gasteiger partial charge in [-0.25, -0.2) is 9.97 Å². The van der Waals surface area contributed by atoms with Crippen LogP contribution in [0.15, 0.2) is 18.5 Å². The number of hydrogen-bond donors (Lipinski definition) is 2. The number of nitrogens with zero attached hydrogens (tertiary/aromatic N) is 3. The van der Waals surface area contributed by atoms with Gasteiger partial charge in [0.05, 0.1) is 16.9 Å². The van der Waals surface area contributed by atoms with Crippen LogP contribution in [-0.4, -0.2) is 53.1 Å². The number of aromatic nitrogens is 3. The maximum absolute atomic E-state index is 14.3. The Morgan fingerprint density at radius 3 is 2.81 bits per heavy atom. The van der Waals surface area contributed by atoms with Crippen LogP contribution in [-0.2, 0) is 16.0 Å². The molecular weight excluding hydrogens is 433 g/mol. The number of carbonyl (C=O) groups excluding carboxylic acids is 1. The van der Waals surface area contributed by atoms with Gasteiger partial charge in [0.2, 0.25) is 0 Å². The molecule has 0 radical (unpaired) electrons. The molecule has 2 N–H and O–H groups in total. The second-order valence-electron chi connectivity index (χ2n) is 8.71. The molecule has 2 aromatic rings. The first-order chi connectivity index (χ1) is 15.5. The Hall–Kier alpha value is -2.16. The molecule has 0 aromatic carbocycles. The van der Waals surface area contributed by atoms with Gasteiger partial charge in [0, 0.05) is 62.1 Å². The van der Waals surface area contributed by atoms with Gasteiger partial charge in [-0.3, -0.25) is 9.78 Å². The first-order valence-corrected chi connectivity index (χ1v) is 11.6. The number of pyridine rings is 1. The summed E-state index contributed by atoms with van der Waals surface area (Å²) < 4.78 is 19.6. The van der Waals surface area contributed by atoms with Crippen LogP contribution >= 0.6 is 11.6 Å². The van der Waals surface area contributed by atoms with E-state index in [2.05, 4.69) is 32.5 Å². The first kappa shape index (κ1) is 23.0. The summed E-state index contributed by atoms with van der Waals surface area (Å²) in [6.07, 6.45) is 6.85. The van der Waals surface area contributed by atoms with E-state index in [1.54, 1.807) is 6.07 Å². The molecule has 32 heavy (non-hydrogen) atoms. The largest absolute Gasteiger partial charge is 0.381 e. The molecule has 0 unspecified atom stereocenters. The van der Waals surface area contributed by atoms with E-state index in [0.717, 1.165) is 38.9 Å². The van der Waals surface area contributed by atoms with Gasteiger partial charge in [-0.05, 0) is 44.6 Å². The zero-order valence-corrected chi connectivity index (χ0v) is 19.0. The van der Waals surface area contributed by atoms with Crippen molar-refractivity contribution in [1.82, 2.24) is 20.3 Å². The summed E-state index contributed by atoms with van der Waals surface area (Å²) in [5.41, 5.74) is 1.65. The van der Waals surface area contributed by atoms with Crippen LogP contribution in [0.2, 0.25) is 5.02 Å². The zero-order chi connectivity index (χ0) is 22.5. The highest BCUT2D eigenvalue weighted by Crippen LogP contribution is 2.28. The summed E-state index contributed by atoms with van der Waals surface area (Å²) in [4.78, 5) is 25.3. The third-order valence-electron chi connectivity index (χ3n) is 6.29. The van der Waals surface area contributed by atoms with E-state index in [0.29, 0.717) is 47.0 Å². The lowest BCUT2D eigenvalue weighted by Crippen LogP contribution is -2.40. The highest BCUT2D eigenvalue weighted by molar-refractivity contribution is 6.33. The maximum Gasteiger partial charge on any atom is 0.255 e. The Morgan fingerprint density at radius 2 is 2.06 bits per heavy atom. The van der Waals surface area contributed by atoms with Crippen molar-refractivity contribution >= 4 is 23.2 Å². The van der Waals surface area contributed by atoms with Crippen molar-refractivity contribution in [2.75, 3.05) is 31.6 Å². The number of anilines is 1. The predicted octanol–water partition coefficient (Wildman–Crippen LogP) is 3.67. The van der Waals surface area contributed by atoms with E-state index in [9.17, 15) is 9.18 Å². The molecular formula is C23H29ClFN5O2. The zero-order valence-electron chi connectivity index (χ0n) is 18.2. The topological polar surface area (TPSA) is 89.0 Å². The Balaban J connectivity index is 1.47. The molecule has 2 aliphatic rings. The van der Waals surface area contributed by atoms with Gasteiger partial charge in [-0.2, -0.15) is 4.39 Å². The maximum atomic E-state index is 14.3. The fraction of sp³-hybridized carbons (Fsp3) is 0.565. The summed E-state index contributed by atoms with van der Waals surface area (Å²) in [5.74, 6) is 0.0169. The number of ketones is 1. The molecule has 2 atom stereocenters. The van der Waals surface area contributed by atoms with E-state index < -0.39 is 5.95 Å². The number of Topliss-reactive ketones (excluding diaryl/α,β-unsaturated/α-hetero) is 1. The molecule has 2 aromatic heterocycles. The lowest BCUT2D eigenvalue weighted by Gasteiger charge is -2.26. The minimum Gasteiger partial charge on any atom is -0.381 e. The molecule has 2 saturated heterocycles. The van der Waals surface area contributed by atoms with E-state index in [1.165, 1.54) is 12.4 Å². The van der Waals surface area contributed by atoms with Crippen LogP contribution in [0.3, 0.4) is 0 Å². The van der Waals surface area contributed by atoms with Gasteiger partial charge >= 0.3 is 0 Å². The Labute approximate surface area is 192 Å². The standard InChI is InChI=1S/C23H29ClFN5O2/c1-14-2-3-16(11-26-14)21(31)9-17-8-18(19(24)12-27-17)20-13-28-22(25)23(30-20)29-10-15-4-6-32-7-5-15/h8,12-16,26H,2-7,9-11H2,1H3,(H,29,30)/t14-,16-/m0/s1. The molecule has 4 rings (SSSR count). The van der Waals surface area contributed by atoms with Crippen molar-refractivity contribution in [3.8, 4) is 11.3 Å². The average Bonchev–Trinajstić information content (AvgIpc) is 2.81. The lowest BCUT2D eigenvalue weighted by atomic mass is 9.90. The summed E-state index contributed by atoms with van der Waals surface area (Å²) in [7, 11) is 0. The third-order valence-corrected chi connectivity index (χ3v) is 6.59. The molecule has 7 nitrogen and oxygen atoms in total. The average molecular weight is 462 g/mol. The van der Waals surface area contributed by atoms with Crippen LogP contribution in [0.4, 0.5) is 10.2 Å². The van der Waals surface area contributed by atoms with Gasteiger partial charge in [0.15, 0.2) is 5.82 Å². The van der Waals surface area contributed by atoms with E-state index in [4.69, 9.17) is 16.3 Å². The van der Waals surface area contributed by atoms with Crippen LogP contribution in [0.1, 0.15) is 38.3 Å². The van der Waals surface area contributed by atoms with Crippen LogP contribution < -0.4 is 10.6 Å². The summed E-state index contributed by atoms with van der Waals surface area (Å²) in [6, 6.07) is 2.20. The molecule has 9 heteroatoms. The van der Waals surface area contributed by atoms with Crippen LogP contribution in [0, 0.1) is 17.8 Å². The van der Waals surface area contributed by atoms with Gasteiger partial charge in [-0.1, -0.05) is 11.6 Å². The molecule has 4 heterocycles.